The Morgan fingerprint density at radius 1 is 1.25 bits per heavy atom. The van der Waals surface area contributed by atoms with Crippen LogP contribution in [0, 0.1) is 10.1 Å². The molecule has 0 radical (unpaired) electrons. The number of para-hydroxylation sites is 1. The first-order valence-corrected chi connectivity index (χ1v) is 7.46. The van der Waals surface area contributed by atoms with Crippen LogP contribution in [0.4, 0.5) is 5.69 Å². The van der Waals surface area contributed by atoms with Crippen LogP contribution in [-0.4, -0.2) is 17.6 Å². The van der Waals surface area contributed by atoms with E-state index in [1.165, 1.54) is 6.07 Å². The Bertz CT molecular complexity index is 790. The van der Waals surface area contributed by atoms with Crippen LogP contribution >= 0.6 is 0 Å². The summed E-state index contributed by atoms with van der Waals surface area (Å²) in [6.45, 7) is 2.03. The summed E-state index contributed by atoms with van der Waals surface area (Å²) in [5.41, 5.74) is 1.21. The highest BCUT2D eigenvalue weighted by Gasteiger charge is 2.19. The van der Waals surface area contributed by atoms with Gasteiger partial charge in [-0.1, -0.05) is 24.3 Å². The molecule has 2 aromatic rings. The minimum atomic E-state index is -0.482. The van der Waals surface area contributed by atoms with E-state index in [9.17, 15) is 14.9 Å². The summed E-state index contributed by atoms with van der Waals surface area (Å²) in [5, 5.41) is 13.8. The van der Waals surface area contributed by atoms with Crippen molar-refractivity contribution in [3.05, 3.63) is 63.7 Å². The molecular weight excluding hydrogens is 312 g/mol. The lowest BCUT2D eigenvalue weighted by atomic mass is 10.1. The summed E-state index contributed by atoms with van der Waals surface area (Å²) in [7, 11) is 0. The lowest BCUT2D eigenvalue weighted by molar-refractivity contribution is -0.385. The van der Waals surface area contributed by atoms with E-state index in [2.05, 4.69) is 5.32 Å². The summed E-state index contributed by atoms with van der Waals surface area (Å²) >= 11 is 0. The van der Waals surface area contributed by atoms with Crippen molar-refractivity contribution >= 4 is 11.6 Å². The first kappa shape index (κ1) is 15.8. The van der Waals surface area contributed by atoms with Crippen molar-refractivity contribution in [3.63, 3.8) is 0 Å². The number of nitro groups is 1. The number of fused-ring (bicyclic) bond motifs is 1. The van der Waals surface area contributed by atoms with E-state index < -0.39 is 4.92 Å². The highest BCUT2D eigenvalue weighted by molar-refractivity contribution is 5.80. The van der Waals surface area contributed by atoms with Crippen molar-refractivity contribution in [1.82, 2.24) is 5.32 Å². The van der Waals surface area contributed by atoms with Gasteiger partial charge in [0, 0.05) is 11.6 Å². The Morgan fingerprint density at radius 3 is 2.79 bits per heavy atom. The molecule has 0 aliphatic carbocycles. The fraction of sp³-hybridized carbons (Fsp3) is 0.235. The second-order valence-corrected chi connectivity index (χ2v) is 5.46. The zero-order valence-electron chi connectivity index (χ0n) is 13.0. The van der Waals surface area contributed by atoms with Gasteiger partial charge in [0.25, 0.3) is 5.69 Å². The SMILES string of the molecule is CC(NC(=O)Cc1ccccc1[N+](=O)[O-])c1ccc2c(c1)OCO2. The van der Waals surface area contributed by atoms with Crippen LogP contribution in [0.25, 0.3) is 0 Å². The molecule has 1 amide bonds. The number of nitro benzene ring substituents is 1. The average Bonchev–Trinajstić information content (AvgIpc) is 3.02. The predicted octanol–water partition coefficient (Wildman–Crippen LogP) is 2.74. The Labute approximate surface area is 138 Å². The van der Waals surface area contributed by atoms with Gasteiger partial charge in [0.15, 0.2) is 11.5 Å². The Morgan fingerprint density at radius 2 is 2.00 bits per heavy atom. The molecule has 1 heterocycles. The summed E-state index contributed by atoms with van der Waals surface area (Å²) in [4.78, 5) is 22.7. The molecule has 1 aliphatic rings. The number of ether oxygens (including phenoxy) is 2. The second-order valence-electron chi connectivity index (χ2n) is 5.46. The van der Waals surface area contributed by atoms with Crippen LogP contribution in [0.15, 0.2) is 42.5 Å². The molecule has 2 aromatic carbocycles. The third kappa shape index (κ3) is 3.29. The summed E-state index contributed by atoms with van der Waals surface area (Å²) < 4.78 is 10.6. The number of nitrogens with zero attached hydrogens (tertiary/aromatic N) is 1. The Hall–Kier alpha value is -3.09. The Kier molecular flexibility index (Phi) is 4.33. The molecular formula is C17H16N2O5. The molecule has 7 heteroatoms. The number of amides is 1. The largest absolute Gasteiger partial charge is 0.454 e. The van der Waals surface area contributed by atoms with Crippen molar-refractivity contribution in [1.29, 1.82) is 0 Å². The number of carbonyl (C=O) groups excluding carboxylic acids is 1. The monoisotopic (exact) mass is 328 g/mol. The van der Waals surface area contributed by atoms with Gasteiger partial charge >= 0.3 is 0 Å². The van der Waals surface area contributed by atoms with E-state index in [0.29, 0.717) is 17.1 Å². The fourth-order valence-electron chi connectivity index (χ4n) is 2.57. The molecule has 3 rings (SSSR count). The molecule has 7 nitrogen and oxygen atoms in total. The van der Waals surface area contributed by atoms with Gasteiger partial charge in [0.2, 0.25) is 12.7 Å². The number of hydrogen-bond acceptors (Lipinski definition) is 5. The van der Waals surface area contributed by atoms with Crippen LogP contribution in [0.5, 0.6) is 11.5 Å². The van der Waals surface area contributed by atoms with Crippen molar-refractivity contribution < 1.29 is 19.2 Å². The third-order valence-corrected chi connectivity index (χ3v) is 3.81. The first-order chi connectivity index (χ1) is 11.5. The maximum atomic E-state index is 12.2. The van der Waals surface area contributed by atoms with Crippen LogP contribution in [0.3, 0.4) is 0 Å². The van der Waals surface area contributed by atoms with Crippen molar-refractivity contribution in [2.45, 2.75) is 19.4 Å². The molecule has 0 bridgehead atoms. The fourth-order valence-corrected chi connectivity index (χ4v) is 2.57. The number of rotatable bonds is 5. The zero-order chi connectivity index (χ0) is 17.1. The molecule has 0 aromatic heterocycles. The smallest absolute Gasteiger partial charge is 0.273 e. The van der Waals surface area contributed by atoms with E-state index in [4.69, 9.17) is 9.47 Å². The van der Waals surface area contributed by atoms with E-state index in [1.54, 1.807) is 24.3 Å². The topological polar surface area (TPSA) is 90.7 Å². The normalized spacial score (nSPS) is 13.4. The minimum Gasteiger partial charge on any atom is -0.454 e. The van der Waals surface area contributed by atoms with Crippen LogP contribution in [-0.2, 0) is 11.2 Å². The number of benzene rings is 2. The standard InChI is InChI=1S/C17H16N2O5/c1-11(12-6-7-15-16(8-12)24-10-23-15)18-17(20)9-13-4-2-3-5-14(13)19(21)22/h2-8,11H,9-10H2,1H3,(H,18,20). The molecule has 0 spiro atoms. The predicted molar refractivity (Wildman–Crippen MR) is 85.9 cm³/mol. The summed E-state index contributed by atoms with van der Waals surface area (Å²) in [5.74, 6) is 1.04. The van der Waals surface area contributed by atoms with Gasteiger partial charge in [-0.15, -0.1) is 0 Å². The van der Waals surface area contributed by atoms with Crippen molar-refractivity contribution in [2.24, 2.45) is 0 Å². The van der Waals surface area contributed by atoms with Crippen molar-refractivity contribution in [2.75, 3.05) is 6.79 Å². The minimum absolute atomic E-state index is 0.0496. The van der Waals surface area contributed by atoms with Crippen LogP contribution in [0.2, 0.25) is 0 Å². The molecule has 1 unspecified atom stereocenters. The molecule has 1 N–H and O–H groups in total. The molecule has 0 fully saturated rings. The molecule has 24 heavy (non-hydrogen) atoms. The number of nitrogens with one attached hydrogen (secondary N) is 1. The maximum absolute atomic E-state index is 12.2. The molecule has 1 atom stereocenters. The lowest BCUT2D eigenvalue weighted by Crippen LogP contribution is -2.28. The van der Waals surface area contributed by atoms with Gasteiger partial charge < -0.3 is 14.8 Å². The van der Waals surface area contributed by atoms with Gasteiger partial charge in [0.05, 0.1) is 17.4 Å². The first-order valence-electron chi connectivity index (χ1n) is 7.46. The molecule has 124 valence electrons. The molecule has 0 saturated carbocycles. The van der Waals surface area contributed by atoms with E-state index >= 15 is 0 Å². The van der Waals surface area contributed by atoms with Gasteiger partial charge in [0.1, 0.15) is 0 Å². The van der Waals surface area contributed by atoms with Gasteiger partial charge in [-0.05, 0) is 24.6 Å². The van der Waals surface area contributed by atoms with E-state index in [0.717, 1.165) is 5.56 Å². The van der Waals surface area contributed by atoms with Crippen molar-refractivity contribution in [3.8, 4) is 11.5 Å². The number of hydrogen-bond donors (Lipinski definition) is 1. The molecule has 0 saturated heterocycles. The average molecular weight is 328 g/mol. The molecule has 1 aliphatic heterocycles. The number of carbonyl (C=O) groups is 1. The zero-order valence-corrected chi connectivity index (χ0v) is 13.0. The summed E-state index contributed by atoms with van der Waals surface area (Å²) in [6, 6.07) is 11.4. The van der Waals surface area contributed by atoms with E-state index in [1.807, 2.05) is 19.1 Å². The highest BCUT2D eigenvalue weighted by Crippen LogP contribution is 2.34. The Balaban J connectivity index is 1.68. The second kappa shape index (κ2) is 6.57. The van der Waals surface area contributed by atoms with Gasteiger partial charge in [-0.3, -0.25) is 14.9 Å². The maximum Gasteiger partial charge on any atom is 0.273 e. The van der Waals surface area contributed by atoms with Crippen LogP contribution < -0.4 is 14.8 Å². The van der Waals surface area contributed by atoms with Gasteiger partial charge in [-0.2, -0.15) is 0 Å². The summed E-state index contributed by atoms with van der Waals surface area (Å²) in [6.07, 6.45) is -0.0496. The van der Waals surface area contributed by atoms with Crippen LogP contribution in [0.1, 0.15) is 24.1 Å². The quantitative estimate of drug-likeness (QED) is 0.673. The van der Waals surface area contributed by atoms with E-state index in [-0.39, 0.29) is 30.9 Å². The highest BCUT2D eigenvalue weighted by atomic mass is 16.7. The lowest BCUT2D eigenvalue weighted by Gasteiger charge is -2.15. The van der Waals surface area contributed by atoms with Gasteiger partial charge in [-0.25, -0.2) is 0 Å². The third-order valence-electron chi connectivity index (χ3n) is 3.81.